The van der Waals surface area contributed by atoms with Gasteiger partial charge in [-0.15, -0.1) is 10.2 Å². The minimum atomic E-state index is -0.290. The smallest absolute Gasteiger partial charge is 0.237 e. The van der Waals surface area contributed by atoms with Gasteiger partial charge >= 0.3 is 0 Å². The van der Waals surface area contributed by atoms with Crippen LogP contribution in [0.1, 0.15) is 29.4 Å². The van der Waals surface area contributed by atoms with Crippen LogP contribution in [0, 0.1) is 20.8 Å². The van der Waals surface area contributed by atoms with E-state index in [4.69, 9.17) is 0 Å². The summed E-state index contributed by atoms with van der Waals surface area (Å²) in [6, 6.07) is 16.2. The van der Waals surface area contributed by atoms with E-state index in [1.165, 1.54) is 17.3 Å². The van der Waals surface area contributed by atoms with Gasteiger partial charge in [-0.3, -0.25) is 4.79 Å². The van der Waals surface area contributed by atoms with Crippen LogP contribution in [0.25, 0.3) is 0 Å². The number of nitrogens with zero attached hydrogens (tertiary/aromatic N) is 3. The van der Waals surface area contributed by atoms with Gasteiger partial charge in [-0.05, 0) is 44.4 Å². The molecule has 0 saturated carbocycles. The molecule has 1 aromatic heterocycles. The molecule has 0 bridgehead atoms. The second kappa shape index (κ2) is 8.39. The zero-order chi connectivity index (χ0) is 19.4. The molecule has 1 atom stereocenters. The van der Waals surface area contributed by atoms with E-state index < -0.39 is 0 Å². The van der Waals surface area contributed by atoms with Crippen molar-refractivity contribution in [2.75, 3.05) is 5.32 Å². The van der Waals surface area contributed by atoms with Crippen molar-refractivity contribution in [2.45, 2.75) is 44.6 Å². The lowest BCUT2D eigenvalue weighted by Crippen LogP contribution is -2.24. The van der Waals surface area contributed by atoms with Gasteiger partial charge < -0.3 is 9.88 Å². The van der Waals surface area contributed by atoms with E-state index in [2.05, 4.69) is 27.6 Å². The van der Waals surface area contributed by atoms with Gasteiger partial charge in [-0.2, -0.15) is 0 Å². The van der Waals surface area contributed by atoms with Gasteiger partial charge in [0, 0.05) is 5.69 Å². The Morgan fingerprint density at radius 3 is 2.37 bits per heavy atom. The number of nitrogens with one attached hydrogen (secondary N) is 1. The number of benzene rings is 2. The Balaban J connectivity index is 1.72. The molecule has 1 N–H and O–H groups in total. The molecule has 0 spiro atoms. The van der Waals surface area contributed by atoms with Gasteiger partial charge in [0.2, 0.25) is 5.91 Å². The Morgan fingerprint density at radius 2 is 1.70 bits per heavy atom. The summed E-state index contributed by atoms with van der Waals surface area (Å²) in [5.74, 6) is 0.799. The maximum absolute atomic E-state index is 12.7. The van der Waals surface area contributed by atoms with E-state index >= 15 is 0 Å². The van der Waals surface area contributed by atoms with Crippen molar-refractivity contribution in [3.8, 4) is 0 Å². The lowest BCUT2D eigenvalue weighted by atomic mass is 10.1. The van der Waals surface area contributed by atoms with Crippen LogP contribution in [0.3, 0.4) is 0 Å². The fourth-order valence-corrected chi connectivity index (χ4v) is 3.74. The first-order valence-electron chi connectivity index (χ1n) is 8.93. The fraction of sp³-hybridized carbons (Fsp3) is 0.286. The number of hydrogen-bond acceptors (Lipinski definition) is 4. The van der Waals surface area contributed by atoms with Crippen molar-refractivity contribution >= 4 is 23.4 Å². The van der Waals surface area contributed by atoms with Crippen LogP contribution in [-0.4, -0.2) is 25.9 Å². The van der Waals surface area contributed by atoms with E-state index in [1.807, 2.05) is 68.7 Å². The number of carbonyl (C=O) groups is 1. The molecule has 0 radical (unpaired) electrons. The fourth-order valence-electron chi connectivity index (χ4n) is 2.84. The second-order valence-corrected chi connectivity index (χ2v) is 7.93. The summed E-state index contributed by atoms with van der Waals surface area (Å²) in [5.41, 5.74) is 4.18. The first-order valence-corrected chi connectivity index (χ1v) is 9.81. The molecular formula is C21H24N4OS. The summed E-state index contributed by atoms with van der Waals surface area (Å²) in [6.45, 7) is 8.51. The van der Waals surface area contributed by atoms with Gasteiger partial charge in [0.25, 0.3) is 0 Å². The summed E-state index contributed by atoms with van der Waals surface area (Å²) >= 11 is 1.43. The van der Waals surface area contributed by atoms with Crippen molar-refractivity contribution in [1.29, 1.82) is 0 Å². The third kappa shape index (κ3) is 4.57. The number of anilines is 1. The highest BCUT2D eigenvalue weighted by molar-refractivity contribution is 8.00. The number of aromatic nitrogens is 3. The molecule has 27 heavy (non-hydrogen) atoms. The number of hydrogen-bond donors (Lipinski definition) is 1. The molecule has 0 aliphatic heterocycles. The summed E-state index contributed by atoms with van der Waals surface area (Å²) < 4.78 is 2.04. The number of rotatable bonds is 6. The lowest BCUT2D eigenvalue weighted by molar-refractivity contribution is -0.115. The molecule has 1 heterocycles. The van der Waals surface area contributed by atoms with Gasteiger partial charge in [-0.25, -0.2) is 0 Å². The van der Waals surface area contributed by atoms with Crippen molar-refractivity contribution in [1.82, 2.24) is 14.8 Å². The highest BCUT2D eigenvalue weighted by Gasteiger charge is 2.20. The van der Waals surface area contributed by atoms with E-state index in [1.54, 1.807) is 0 Å². The van der Waals surface area contributed by atoms with Gasteiger partial charge in [-0.1, -0.05) is 60.3 Å². The zero-order valence-corrected chi connectivity index (χ0v) is 16.9. The van der Waals surface area contributed by atoms with Crippen LogP contribution in [-0.2, 0) is 11.3 Å². The molecule has 0 aliphatic rings. The summed E-state index contributed by atoms with van der Waals surface area (Å²) in [5, 5.41) is 12.0. The van der Waals surface area contributed by atoms with Crippen LogP contribution in [0.5, 0.6) is 0 Å². The Kier molecular flexibility index (Phi) is 5.96. The number of para-hydroxylation sites is 1. The van der Waals surface area contributed by atoms with Crippen LogP contribution in [0.4, 0.5) is 5.69 Å². The van der Waals surface area contributed by atoms with E-state index in [-0.39, 0.29) is 11.2 Å². The monoisotopic (exact) mass is 380 g/mol. The molecule has 6 heteroatoms. The Bertz CT molecular complexity index is 916. The van der Waals surface area contributed by atoms with Crippen LogP contribution in [0.15, 0.2) is 53.7 Å². The highest BCUT2D eigenvalue weighted by Crippen LogP contribution is 2.26. The molecule has 0 aliphatic carbocycles. The predicted molar refractivity (Wildman–Crippen MR) is 110 cm³/mol. The molecule has 0 saturated heterocycles. The second-order valence-electron chi connectivity index (χ2n) is 6.62. The van der Waals surface area contributed by atoms with Gasteiger partial charge in [0.05, 0.1) is 11.8 Å². The number of carbonyl (C=O) groups excluding carboxylic acids is 1. The van der Waals surface area contributed by atoms with Crippen molar-refractivity contribution < 1.29 is 4.79 Å². The maximum Gasteiger partial charge on any atom is 0.237 e. The van der Waals surface area contributed by atoms with E-state index in [9.17, 15) is 4.79 Å². The van der Waals surface area contributed by atoms with Crippen LogP contribution < -0.4 is 5.32 Å². The first-order chi connectivity index (χ1) is 13.0. The number of thioether (sulfide) groups is 1. The third-order valence-electron chi connectivity index (χ3n) is 4.47. The summed E-state index contributed by atoms with van der Waals surface area (Å²) in [4.78, 5) is 12.7. The standard InChI is InChI=1S/C21H24N4OS/c1-14-9-8-10-15(2)19(14)22-20(26)16(3)27-21-24-23-17(4)25(21)13-18-11-6-5-7-12-18/h5-12,16H,13H2,1-4H3,(H,22,26). The predicted octanol–water partition coefficient (Wildman–Crippen LogP) is 4.37. The van der Waals surface area contributed by atoms with Gasteiger partial charge in [0.1, 0.15) is 5.82 Å². The minimum Gasteiger partial charge on any atom is -0.325 e. The average molecular weight is 381 g/mol. The molecule has 2 aromatic carbocycles. The molecule has 1 unspecified atom stereocenters. The quantitative estimate of drug-likeness (QED) is 0.645. The normalized spacial score (nSPS) is 12.0. The SMILES string of the molecule is Cc1cccc(C)c1NC(=O)C(C)Sc1nnc(C)n1Cc1ccccc1. The number of aryl methyl sites for hydroxylation is 3. The van der Waals surface area contributed by atoms with Crippen molar-refractivity contribution in [2.24, 2.45) is 0 Å². The lowest BCUT2D eigenvalue weighted by Gasteiger charge is -2.16. The number of amides is 1. The molecule has 1 amide bonds. The third-order valence-corrected chi connectivity index (χ3v) is 5.55. The zero-order valence-electron chi connectivity index (χ0n) is 16.1. The largest absolute Gasteiger partial charge is 0.325 e. The molecule has 3 rings (SSSR count). The average Bonchev–Trinajstić information content (AvgIpc) is 2.99. The topological polar surface area (TPSA) is 59.8 Å². The minimum absolute atomic E-state index is 0.0377. The first kappa shape index (κ1) is 19.2. The van der Waals surface area contributed by atoms with Crippen molar-refractivity contribution in [3.63, 3.8) is 0 Å². The Morgan fingerprint density at radius 1 is 1.04 bits per heavy atom. The van der Waals surface area contributed by atoms with E-state index in [0.717, 1.165) is 27.8 Å². The molecular weight excluding hydrogens is 356 g/mol. The molecule has 140 valence electrons. The van der Waals surface area contributed by atoms with Crippen molar-refractivity contribution in [3.05, 3.63) is 71.0 Å². The maximum atomic E-state index is 12.7. The Labute approximate surface area is 164 Å². The summed E-state index contributed by atoms with van der Waals surface area (Å²) in [6.07, 6.45) is 0. The Hall–Kier alpha value is -2.60. The van der Waals surface area contributed by atoms with Crippen LogP contribution >= 0.6 is 11.8 Å². The molecule has 0 fully saturated rings. The highest BCUT2D eigenvalue weighted by atomic mass is 32.2. The molecule has 5 nitrogen and oxygen atoms in total. The van der Waals surface area contributed by atoms with Gasteiger partial charge in [0.15, 0.2) is 5.16 Å². The summed E-state index contributed by atoms with van der Waals surface area (Å²) in [7, 11) is 0. The molecule has 3 aromatic rings. The van der Waals surface area contributed by atoms with E-state index in [0.29, 0.717) is 6.54 Å². The van der Waals surface area contributed by atoms with Crippen LogP contribution in [0.2, 0.25) is 0 Å².